The maximum Gasteiger partial charge on any atom is 0.241 e. The van der Waals surface area contributed by atoms with Crippen LogP contribution in [0.4, 0.5) is 0 Å². The van der Waals surface area contributed by atoms with Crippen molar-refractivity contribution in [3.8, 4) is 0 Å². The SMILES string of the molecule is Cc1ccc(S(=O)(=O)NC(CC(C)C)C(=O)N2CCC(c3c[nH]c4ncccc34)CC2)cc1. The number of H-pyrrole nitrogens is 1. The van der Waals surface area contributed by atoms with Crippen molar-refractivity contribution in [2.24, 2.45) is 5.92 Å². The molecule has 3 heterocycles. The molecule has 1 saturated heterocycles. The number of hydrogen-bond acceptors (Lipinski definition) is 4. The van der Waals surface area contributed by atoms with Gasteiger partial charge in [0.25, 0.3) is 0 Å². The topological polar surface area (TPSA) is 95.2 Å². The number of sulfonamides is 1. The second kappa shape index (κ2) is 9.65. The molecule has 33 heavy (non-hydrogen) atoms. The van der Waals surface area contributed by atoms with E-state index >= 15 is 0 Å². The first-order chi connectivity index (χ1) is 15.7. The van der Waals surface area contributed by atoms with Gasteiger partial charge in [-0.1, -0.05) is 31.5 Å². The van der Waals surface area contributed by atoms with Crippen molar-refractivity contribution >= 4 is 27.0 Å². The zero-order chi connectivity index (χ0) is 23.6. The predicted molar refractivity (Wildman–Crippen MR) is 129 cm³/mol. The van der Waals surface area contributed by atoms with Crippen molar-refractivity contribution in [3.05, 3.63) is 59.9 Å². The van der Waals surface area contributed by atoms with Gasteiger partial charge in [-0.15, -0.1) is 0 Å². The number of carbonyl (C=O) groups excluding carboxylic acids is 1. The van der Waals surface area contributed by atoms with Crippen LogP contribution >= 0.6 is 0 Å². The molecule has 1 fully saturated rings. The lowest BCUT2D eigenvalue weighted by atomic mass is 9.89. The Hall–Kier alpha value is -2.71. The Morgan fingerprint density at radius 2 is 1.88 bits per heavy atom. The molecular formula is C25H32N4O3S. The molecule has 0 spiro atoms. The van der Waals surface area contributed by atoms with Gasteiger partial charge >= 0.3 is 0 Å². The Morgan fingerprint density at radius 1 is 1.18 bits per heavy atom. The number of piperidine rings is 1. The van der Waals surface area contributed by atoms with E-state index in [-0.39, 0.29) is 16.7 Å². The van der Waals surface area contributed by atoms with Gasteiger partial charge in [-0.2, -0.15) is 4.72 Å². The van der Waals surface area contributed by atoms with Gasteiger partial charge in [-0.25, -0.2) is 13.4 Å². The number of rotatable bonds is 7. The summed E-state index contributed by atoms with van der Waals surface area (Å²) >= 11 is 0. The highest BCUT2D eigenvalue weighted by Gasteiger charge is 2.32. The Bertz CT molecular complexity index is 1210. The normalized spacial score (nSPS) is 16.4. The van der Waals surface area contributed by atoms with Crippen molar-refractivity contribution in [1.29, 1.82) is 0 Å². The molecule has 3 aromatic rings. The maximum absolute atomic E-state index is 13.4. The van der Waals surface area contributed by atoms with Crippen molar-refractivity contribution in [2.75, 3.05) is 13.1 Å². The molecule has 0 saturated carbocycles. The summed E-state index contributed by atoms with van der Waals surface area (Å²) in [6.45, 7) is 7.12. The van der Waals surface area contributed by atoms with Crippen molar-refractivity contribution in [1.82, 2.24) is 19.6 Å². The zero-order valence-electron chi connectivity index (χ0n) is 19.4. The highest BCUT2D eigenvalue weighted by atomic mass is 32.2. The second-order valence-electron chi connectivity index (χ2n) is 9.36. The molecule has 1 atom stereocenters. The van der Waals surface area contributed by atoms with Gasteiger partial charge in [0, 0.05) is 30.9 Å². The van der Waals surface area contributed by atoms with Crippen LogP contribution in [0.2, 0.25) is 0 Å². The van der Waals surface area contributed by atoms with E-state index in [1.807, 2.05) is 37.9 Å². The van der Waals surface area contributed by atoms with E-state index in [0.717, 1.165) is 29.4 Å². The van der Waals surface area contributed by atoms with Crippen LogP contribution in [0.5, 0.6) is 0 Å². The minimum Gasteiger partial charge on any atom is -0.346 e. The Balaban J connectivity index is 1.45. The van der Waals surface area contributed by atoms with E-state index in [4.69, 9.17) is 0 Å². The van der Waals surface area contributed by atoms with Crippen LogP contribution in [0.3, 0.4) is 0 Å². The van der Waals surface area contributed by atoms with E-state index in [0.29, 0.717) is 25.4 Å². The molecule has 2 N–H and O–H groups in total. The fourth-order valence-corrected chi connectivity index (χ4v) is 5.79. The van der Waals surface area contributed by atoms with E-state index in [1.165, 1.54) is 5.56 Å². The minimum absolute atomic E-state index is 0.140. The quantitative estimate of drug-likeness (QED) is 0.548. The number of nitrogens with zero attached hydrogens (tertiary/aromatic N) is 2. The number of aromatic nitrogens is 2. The molecule has 1 aliphatic rings. The fraction of sp³-hybridized carbons (Fsp3) is 0.440. The third-order valence-corrected chi connectivity index (χ3v) is 7.85. The van der Waals surface area contributed by atoms with E-state index in [1.54, 1.807) is 30.5 Å². The molecule has 8 heteroatoms. The van der Waals surface area contributed by atoms with Gasteiger partial charge in [0.2, 0.25) is 15.9 Å². The predicted octanol–water partition coefficient (Wildman–Crippen LogP) is 3.97. The van der Waals surface area contributed by atoms with E-state index in [2.05, 4.69) is 20.8 Å². The molecule has 176 valence electrons. The molecule has 4 rings (SSSR count). The molecule has 1 amide bonds. The van der Waals surface area contributed by atoms with E-state index < -0.39 is 16.1 Å². The molecule has 1 aliphatic heterocycles. The summed E-state index contributed by atoms with van der Waals surface area (Å²) in [5, 5.41) is 1.13. The lowest BCUT2D eigenvalue weighted by Crippen LogP contribution is -2.51. The van der Waals surface area contributed by atoms with Gasteiger partial charge < -0.3 is 9.88 Å². The molecule has 7 nitrogen and oxygen atoms in total. The molecule has 1 unspecified atom stereocenters. The number of likely N-dealkylation sites (tertiary alicyclic amines) is 1. The van der Waals surface area contributed by atoms with Gasteiger partial charge in [0.1, 0.15) is 11.7 Å². The van der Waals surface area contributed by atoms with Crippen molar-refractivity contribution < 1.29 is 13.2 Å². The van der Waals surface area contributed by atoms with Crippen LogP contribution < -0.4 is 4.72 Å². The molecule has 2 aromatic heterocycles. The maximum atomic E-state index is 13.4. The zero-order valence-corrected chi connectivity index (χ0v) is 20.2. The first-order valence-corrected chi connectivity index (χ1v) is 13.0. The second-order valence-corrected chi connectivity index (χ2v) is 11.1. The van der Waals surface area contributed by atoms with Gasteiger partial charge in [0.15, 0.2) is 0 Å². The molecule has 0 bridgehead atoms. The van der Waals surface area contributed by atoms with Crippen LogP contribution in [-0.4, -0.2) is 48.3 Å². The lowest BCUT2D eigenvalue weighted by Gasteiger charge is -2.34. The van der Waals surface area contributed by atoms with Crippen molar-refractivity contribution in [2.45, 2.75) is 56.9 Å². The smallest absolute Gasteiger partial charge is 0.241 e. The summed E-state index contributed by atoms with van der Waals surface area (Å²) < 4.78 is 28.6. The summed E-state index contributed by atoms with van der Waals surface area (Å²) in [6, 6.07) is 9.92. The van der Waals surface area contributed by atoms with E-state index in [9.17, 15) is 13.2 Å². The first-order valence-electron chi connectivity index (χ1n) is 11.5. The summed E-state index contributed by atoms with van der Waals surface area (Å²) in [5.41, 5.74) is 3.11. The summed E-state index contributed by atoms with van der Waals surface area (Å²) in [4.78, 5) is 23.0. The average Bonchev–Trinajstić information content (AvgIpc) is 3.22. The number of pyridine rings is 1. The van der Waals surface area contributed by atoms with Crippen molar-refractivity contribution in [3.63, 3.8) is 0 Å². The fourth-order valence-electron chi connectivity index (χ4n) is 4.59. The number of nitrogens with one attached hydrogen (secondary N) is 2. The van der Waals surface area contributed by atoms with Crippen LogP contribution in [-0.2, 0) is 14.8 Å². The van der Waals surface area contributed by atoms with Crippen LogP contribution in [0.15, 0.2) is 53.7 Å². The largest absolute Gasteiger partial charge is 0.346 e. The van der Waals surface area contributed by atoms with Crippen LogP contribution in [0.1, 0.15) is 50.2 Å². The summed E-state index contributed by atoms with van der Waals surface area (Å²) in [5.74, 6) is 0.383. The Kier molecular flexibility index (Phi) is 6.86. The Morgan fingerprint density at radius 3 is 2.55 bits per heavy atom. The van der Waals surface area contributed by atoms with Crippen LogP contribution in [0.25, 0.3) is 11.0 Å². The Labute approximate surface area is 195 Å². The third kappa shape index (κ3) is 5.28. The third-order valence-electron chi connectivity index (χ3n) is 6.36. The number of amides is 1. The monoisotopic (exact) mass is 468 g/mol. The number of aromatic amines is 1. The highest BCUT2D eigenvalue weighted by Crippen LogP contribution is 2.33. The minimum atomic E-state index is -3.78. The first kappa shape index (κ1) is 23.4. The molecule has 0 radical (unpaired) electrons. The summed E-state index contributed by atoms with van der Waals surface area (Å²) in [7, 11) is -3.78. The number of carbonyl (C=O) groups is 1. The summed E-state index contributed by atoms with van der Waals surface area (Å²) in [6.07, 6.45) is 5.94. The molecule has 0 aliphatic carbocycles. The number of hydrogen-bond donors (Lipinski definition) is 2. The highest BCUT2D eigenvalue weighted by molar-refractivity contribution is 7.89. The standard InChI is InChI=1S/C25H32N4O3S/c1-17(2)15-23(28-33(31,32)20-8-6-18(3)7-9-20)25(30)29-13-10-19(11-14-29)22-16-27-24-21(22)5-4-12-26-24/h4-9,12,16-17,19,23,28H,10-11,13-15H2,1-3H3,(H,26,27). The molecule has 1 aromatic carbocycles. The van der Waals surface area contributed by atoms with Gasteiger partial charge in [-0.3, -0.25) is 4.79 Å². The average molecular weight is 469 g/mol. The number of aryl methyl sites for hydroxylation is 1. The van der Waals surface area contributed by atoms with Crippen LogP contribution in [0, 0.1) is 12.8 Å². The number of fused-ring (bicyclic) bond motifs is 1. The van der Waals surface area contributed by atoms with Gasteiger partial charge in [0.05, 0.1) is 4.90 Å². The lowest BCUT2D eigenvalue weighted by molar-refractivity contribution is -0.134. The number of benzene rings is 1. The molecular weight excluding hydrogens is 436 g/mol. The van der Waals surface area contributed by atoms with Gasteiger partial charge in [-0.05, 0) is 67.9 Å².